The highest BCUT2D eigenvalue weighted by Crippen LogP contribution is 2.34. The van der Waals surface area contributed by atoms with Crippen molar-refractivity contribution in [1.29, 1.82) is 0 Å². The van der Waals surface area contributed by atoms with Crippen LogP contribution in [0.3, 0.4) is 0 Å². The summed E-state index contributed by atoms with van der Waals surface area (Å²) in [7, 11) is 0. The highest BCUT2D eigenvalue weighted by atomic mass is 16.5. The van der Waals surface area contributed by atoms with Gasteiger partial charge in [-0.1, -0.05) is 0 Å². The van der Waals surface area contributed by atoms with Gasteiger partial charge in [0.1, 0.15) is 0 Å². The Labute approximate surface area is 184 Å². The smallest absolute Gasteiger partial charge is 0.342 e. The molecule has 1 heterocycles. The molecule has 12 heteroatoms. The standard InChI is InChI=1S/C20H26N6O6/c27-11-7-21-3-5-23-13-1-2-14(24-6-4-22-8-12-28)16-15(13)19(29)17-18(20(16)30)26(32)10-9-25(17)31/h1-2,9-10,21-24,27-28H,3-8,11-12H2. The zero-order valence-corrected chi connectivity index (χ0v) is 17.4. The SMILES string of the molecule is O=C1c2c(NCCNCCO)ccc(NCCNCCO)c2C(=O)c2c1[n+]([O-])cc[n+]2[O-]. The van der Waals surface area contributed by atoms with E-state index in [0.29, 0.717) is 50.6 Å². The fourth-order valence-corrected chi connectivity index (χ4v) is 3.48. The largest absolute Gasteiger partial charge is 0.618 e. The van der Waals surface area contributed by atoms with Crippen molar-refractivity contribution in [3.05, 3.63) is 57.5 Å². The molecule has 0 atom stereocenters. The lowest BCUT2D eigenvalue weighted by molar-refractivity contribution is -0.667. The number of aliphatic hydroxyl groups excluding tert-OH is 2. The van der Waals surface area contributed by atoms with Crippen LogP contribution in [0.5, 0.6) is 0 Å². The summed E-state index contributed by atoms with van der Waals surface area (Å²) in [6.45, 7) is 2.59. The Balaban J connectivity index is 1.97. The van der Waals surface area contributed by atoms with E-state index in [4.69, 9.17) is 10.2 Å². The maximum atomic E-state index is 13.3. The molecule has 0 amide bonds. The van der Waals surface area contributed by atoms with Crippen molar-refractivity contribution in [3.63, 3.8) is 0 Å². The number of aromatic nitrogens is 2. The van der Waals surface area contributed by atoms with Gasteiger partial charge < -0.3 is 41.9 Å². The first kappa shape index (κ1) is 23.3. The number of nitrogens with zero attached hydrogens (tertiary/aromatic N) is 2. The average Bonchev–Trinajstić information content (AvgIpc) is 2.78. The van der Waals surface area contributed by atoms with Crippen LogP contribution >= 0.6 is 0 Å². The number of ketones is 2. The Morgan fingerprint density at radius 2 is 1.09 bits per heavy atom. The zero-order chi connectivity index (χ0) is 23.1. The summed E-state index contributed by atoms with van der Waals surface area (Å²) in [5, 5.41) is 54.4. The maximum absolute atomic E-state index is 13.3. The van der Waals surface area contributed by atoms with E-state index in [1.807, 2.05) is 0 Å². The number of hydrogen-bond donors (Lipinski definition) is 6. The van der Waals surface area contributed by atoms with Crippen LogP contribution in [0, 0.1) is 10.4 Å². The quantitative estimate of drug-likeness (QED) is 0.101. The summed E-state index contributed by atoms with van der Waals surface area (Å²) in [5.41, 5.74) is -0.255. The van der Waals surface area contributed by atoms with E-state index >= 15 is 0 Å². The van der Waals surface area contributed by atoms with Gasteiger partial charge in [-0.3, -0.25) is 9.59 Å². The second-order valence-corrected chi connectivity index (χ2v) is 7.02. The molecule has 3 rings (SSSR count). The van der Waals surface area contributed by atoms with Crippen LogP contribution in [0.15, 0.2) is 24.5 Å². The molecule has 1 aromatic heterocycles. The van der Waals surface area contributed by atoms with E-state index in [1.54, 1.807) is 12.1 Å². The van der Waals surface area contributed by atoms with Crippen molar-refractivity contribution in [2.45, 2.75) is 0 Å². The molecule has 0 spiro atoms. The summed E-state index contributed by atoms with van der Waals surface area (Å²) < 4.78 is 0.469. The van der Waals surface area contributed by atoms with Crippen molar-refractivity contribution >= 4 is 22.9 Å². The lowest BCUT2D eigenvalue weighted by Gasteiger charge is -2.22. The summed E-state index contributed by atoms with van der Waals surface area (Å²) in [5.74, 6) is -1.44. The van der Waals surface area contributed by atoms with Gasteiger partial charge in [-0.2, -0.15) is 9.46 Å². The van der Waals surface area contributed by atoms with Crippen LogP contribution in [0.4, 0.5) is 11.4 Å². The number of aliphatic hydroxyl groups is 2. The monoisotopic (exact) mass is 446 g/mol. The second-order valence-electron chi connectivity index (χ2n) is 7.02. The van der Waals surface area contributed by atoms with Gasteiger partial charge in [-0.15, -0.1) is 0 Å². The first-order chi connectivity index (χ1) is 15.5. The van der Waals surface area contributed by atoms with Crippen LogP contribution < -0.4 is 30.7 Å². The van der Waals surface area contributed by atoms with Crippen LogP contribution in [-0.4, -0.2) is 74.3 Å². The van der Waals surface area contributed by atoms with Crippen LogP contribution in [0.1, 0.15) is 32.1 Å². The fourth-order valence-electron chi connectivity index (χ4n) is 3.48. The average molecular weight is 446 g/mol. The van der Waals surface area contributed by atoms with Gasteiger partial charge in [0.25, 0.3) is 11.6 Å². The predicted molar refractivity (Wildman–Crippen MR) is 115 cm³/mol. The van der Waals surface area contributed by atoms with Gasteiger partial charge >= 0.3 is 11.4 Å². The molecule has 2 aromatic rings. The molecule has 0 fully saturated rings. The van der Waals surface area contributed by atoms with Crippen LogP contribution in [0.2, 0.25) is 0 Å². The lowest BCUT2D eigenvalue weighted by atomic mass is 9.87. The van der Waals surface area contributed by atoms with Gasteiger partial charge in [0.2, 0.25) is 12.4 Å². The summed E-state index contributed by atoms with van der Waals surface area (Å²) in [6.07, 6.45) is 1.78. The van der Waals surface area contributed by atoms with Gasteiger partial charge in [0.05, 0.1) is 24.3 Å². The van der Waals surface area contributed by atoms with Crippen LogP contribution in [0.25, 0.3) is 0 Å². The molecule has 1 aromatic carbocycles. The van der Waals surface area contributed by atoms with E-state index in [0.717, 1.165) is 12.4 Å². The van der Waals surface area contributed by atoms with E-state index in [2.05, 4.69) is 21.3 Å². The van der Waals surface area contributed by atoms with E-state index in [-0.39, 0.29) is 33.8 Å². The highest BCUT2D eigenvalue weighted by Gasteiger charge is 2.45. The molecule has 12 nitrogen and oxygen atoms in total. The summed E-state index contributed by atoms with van der Waals surface area (Å²) >= 11 is 0. The number of fused-ring (bicyclic) bond motifs is 2. The molecule has 0 aliphatic heterocycles. The normalized spacial score (nSPS) is 12.4. The molecule has 32 heavy (non-hydrogen) atoms. The molecule has 0 saturated heterocycles. The fraction of sp³-hybridized carbons (Fsp3) is 0.400. The maximum Gasteiger partial charge on any atom is 0.342 e. The van der Waals surface area contributed by atoms with E-state index in [9.17, 15) is 20.0 Å². The first-order valence-corrected chi connectivity index (χ1v) is 10.2. The Kier molecular flexibility index (Phi) is 7.89. The minimum absolute atomic E-state index is 0.00854. The Morgan fingerprint density at radius 1 is 0.688 bits per heavy atom. The summed E-state index contributed by atoms with van der Waals surface area (Å²) in [4.78, 5) is 26.5. The molecule has 6 N–H and O–H groups in total. The molecular weight excluding hydrogens is 420 g/mol. The molecule has 172 valence electrons. The topological polar surface area (TPSA) is 177 Å². The molecule has 0 radical (unpaired) electrons. The molecule has 0 saturated carbocycles. The van der Waals surface area contributed by atoms with E-state index < -0.39 is 23.0 Å². The van der Waals surface area contributed by atoms with Crippen molar-refractivity contribution < 1.29 is 29.3 Å². The highest BCUT2D eigenvalue weighted by molar-refractivity contribution is 6.29. The molecule has 0 unspecified atom stereocenters. The molecule has 0 bridgehead atoms. The van der Waals surface area contributed by atoms with E-state index in [1.165, 1.54) is 0 Å². The van der Waals surface area contributed by atoms with Crippen LogP contribution in [-0.2, 0) is 0 Å². The third-order valence-corrected chi connectivity index (χ3v) is 4.90. The third kappa shape index (κ3) is 4.78. The molecule has 1 aliphatic rings. The molecular formula is C20H26N6O6. The number of hydrogen-bond acceptors (Lipinski definition) is 10. The number of nitrogens with one attached hydrogen (secondary N) is 4. The minimum atomic E-state index is -0.720. The zero-order valence-electron chi connectivity index (χ0n) is 17.4. The Morgan fingerprint density at radius 3 is 1.47 bits per heavy atom. The Hall–Kier alpha value is -3.32. The third-order valence-electron chi connectivity index (χ3n) is 4.90. The number of anilines is 2. The van der Waals surface area contributed by atoms with Gasteiger partial charge in [0.15, 0.2) is 0 Å². The van der Waals surface area contributed by atoms with Gasteiger partial charge in [0, 0.05) is 50.6 Å². The first-order valence-electron chi connectivity index (χ1n) is 10.2. The number of rotatable bonds is 12. The van der Waals surface area contributed by atoms with Crippen molar-refractivity contribution in [2.24, 2.45) is 0 Å². The van der Waals surface area contributed by atoms with Crippen molar-refractivity contribution in [3.8, 4) is 0 Å². The minimum Gasteiger partial charge on any atom is -0.618 e. The van der Waals surface area contributed by atoms with Gasteiger partial charge in [-0.25, -0.2) is 0 Å². The van der Waals surface area contributed by atoms with Crippen molar-refractivity contribution in [1.82, 2.24) is 10.6 Å². The lowest BCUT2D eigenvalue weighted by Crippen LogP contribution is -2.50. The van der Waals surface area contributed by atoms with Gasteiger partial charge in [-0.05, 0) is 12.1 Å². The number of benzene rings is 1. The Bertz CT molecular complexity index is 921. The predicted octanol–water partition coefficient (Wildman–Crippen LogP) is -2.28. The molecule has 1 aliphatic carbocycles. The van der Waals surface area contributed by atoms with Crippen molar-refractivity contribution in [2.75, 3.05) is 63.1 Å². The number of carbonyl (C=O) groups excluding carboxylic acids is 2. The number of carbonyl (C=O) groups is 2. The summed E-state index contributed by atoms with van der Waals surface area (Å²) in [6, 6.07) is 3.27. The second kappa shape index (κ2) is 10.8.